The number of likely N-dealkylation sites (tertiary alicyclic amines) is 1. The van der Waals surface area contributed by atoms with Gasteiger partial charge in [0.25, 0.3) is 5.91 Å². The van der Waals surface area contributed by atoms with Crippen molar-refractivity contribution in [3.8, 4) is 0 Å². The molecule has 1 saturated heterocycles. The van der Waals surface area contributed by atoms with Crippen molar-refractivity contribution in [1.29, 1.82) is 0 Å². The summed E-state index contributed by atoms with van der Waals surface area (Å²) in [5.74, 6) is -0.448. The summed E-state index contributed by atoms with van der Waals surface area (Å²) >= 11 is 0. The molecule has 1 aliphatic rings. The Morgan fingerprint density at radius 2 is 1.50 bits per heavy atom. The van der Waals surface area contributed by atoms with E-state index in [9.17, 15) is 18.0 Å². The summed E-state index contributed by atoms with van der Waals surface area (Å²) in [5, 5.41) is 2.92. The van der Waals surface area contributed by atoms with E-state index >= 15 is 0 Å². The summed E-state index contributed by atoms with van der Waals surface area (Å²) in [4.78, 5) is 27.3. The van der Waals surface area contributed by atoms with Gasteiger partial charge in [-0.1, -0.05) is 54.6 Å². The number of rotatable bonds is 7. The SMILES string of the molecule is O=C(Nc1ccccc1)C1CCN(C(=O)c2cccc(S(=O)(=O)NCc3ccccc3)c2)CC1. The second-order valence-electron chi connectivity index (χ2n) is 8.26. The van der Waals surface area contributed by atoms with E-state index in [4.69, 9.17) is 0 Å². The molecule has 1 aliphatic heterocycles. The molecule has 3 aromatic rings. The van der Waals surface area contributed by atoms with Crippen molar-refractivity contribution in [2.45, 2.75) is 24.3 Å². The number of sulfonamides is 1. The predicted molar refractivity (Wildman–Crippen MR) is 131 cm³/mol. The molecular formula is C26H27N3O4S. The summed E-state index contributed by atoms with van der Waals surface area (Å²) in [6.07, 6.45) is 1.11. The molecule has 0 bridgehead atoms. The van der Waals surface area contributed by atoms with E-state index < -0.39 is 10.0 Å². The first-order valence-corrected chi connectivity index (χ1v) is 12.7. The van der Waals surface area contributed by atoms with E-state index in [1.807, 2.05) is 60.7 Å². The molecule has 2 amide bonds. The summed E-state index contributed by atoms with van der Waals surface area (Å²) in [6.45, 7) is 1.05. The lowest BCUT2D eigenvalue weighted by molar-refractivity contribution is -0.121. The number of piperidine rings is 1. The van der Waals surface area contributed by atoms with Gasteiger partial charge in [-0.15, -0.1) is 0 Å². The molecule has 0 saturated carbocycles. The average molecular weight is 478 g/mol. The van der Waals surface area contributed by atoms with Crippen LogP contribution in [0.5, 0.6) is 0 Å². The molecule has 0 unspecified atom stereocenters. The zero-order valence-electron chi connectivity index (χ0n) is 18.7. The minimum Gasteiger partial charge on any atom is -0.339 e. The van der Waals surface area contributed by atoms with Gasteiger partial charge in [0, 0.05) is 36.8 Å². The molecule has 176 valence electrons. The Morgan fingerprint density at radius 3 is 2.18 bits per heavy atom. The van der Waals surface area contributed by atoms with Gasteiger partial charge >= 0.3 is 0 Å². The summed E-state index contributed by atoms with van der Waals surface area (Å²) in [5.41, 5.74) is 1.91. The van der Waals surface area contributed by atoms with E-state index in [2.05, 4.69) is 10.0 Å². The van der Waals surface area contributed by atoms with Gasteiger partial charge in [0.2, 0.25) is 15.9 Å². The Kier molecular flexibility index (Phi) is 7.40. The first-order chi connectivity index (χ1) is 16.4. The van der Waals surface area contributed by atoms with Gasteiger partial charge in [0.05, 0.1) is 4.90 Å². The number of anilines is 1. The van der Waals surface area contributed by atoms with Gasteiger partial charge in [-0.05, 0) is 48.7 Å². The van der Waals surface area contributed by atoms with E-state index in [1.54, 1.807) is 17.0 Å². The number of hydrogen-bond acceptors (Lipinski definition) is 4. The van der Waals surface area contributed by atoms with Gasteiger partial charge in [-0.3, -0.25) is 9.59 Å². The zero-order chi connectivity index (χ0) is 24.0. The highest BCUT2D eigenvalue weighted by Gasteiger charge is 2.28. The topological polar surface area (TPSA) is 95.6 Å². The van der Waals surface area contributed by atoms with Gasteiger partial charge in [-0.25, -0.2) is 13.1 Å². The molecular weight excluding hydrogens is 450 g/mol. The molecule has 1 fully saturated rings. The first-order valence-electron chi connectivity index (χ1n) is 11.2. The molecule has 3 aromatic carbocycles. The third-order valence-corrected chi connectivity index (χ3v) is 7.29. The minimum atomic E-state index is -3.77. The van der Waals surface area contributed by atoms with E-state index in [1.165, 1.54) is 12.1 Å². The Labute approximate surface area is 199 Å². The first kappa shape index (κ1) is 23.7. The number of nitrogens with zero attached hydrogens (tertiary/aromatic N) is 1. The molecule has 0 radical (unpaired) electrons. The molecule has 0 atom stereocenters. The van der Waals surface area contributed by atoms with Crippen molar-refractivity contribution in [2.75, 3.05) is 18.4 Å². The highest BCUT2D eigenvalue weighted by atomic mass is 32.2. The van der Waals surface area contributed by atoms with Gasteiger partial charge < -0.3 is 10.2 Å². The summed E-state index contributed by atoms with van der Waals surface area (Å²) in [7, 11) is -3.77. The second-order valence-corrected chi connectivity index (χ2v) is 10.0. The molecule has 2 N–H and O–H groups in total. The maximum Gasteiger partial charge on any atom is 0.253 e. The molecule has 1 heterocycles. The van der Waals surface area contributed by atoms with Crippen molar-refractivity contribution in [3.05, 3.63) is 96.1 Å². The van der Waals surface area contributed by atoms with E-state index in [0.717, 1.165) is 11.3 Å². The number of hydrogen-bond donors (Lipinski definition) is 2. The Morgan fingerprint density at radius 1 is 0.853 bits per heavy atom. The Balaban J connectivity index is 1.35. The summed E-state index contributed by atoms with van der Waals surface area (Å²) < 4.78 is 28.1. The molecule has 4 rings (SSSR count). The fraction of sp³-hybridized carbons (Fsp3) is 0.231. The minimum absolute atomic E-state index is 0.0455. The van der Waals surface area contributed by atoms with Crippen molar-refractivity contribution in [1.82, 2.24) is 9.62 Å². The molecule has 8 heteroatoms. The van der Waals surface area contributed by atoms with Crippen LogP contribution in [0.15, 0.2) is 89.8 Å². The third-order valence-electron chi connectivity index (χ3n) is 5.89. The smallest absolute Gasteiger partial charge is 0.253 e. The van der Waals surface area contributed by atoms with Crippen LogP contribution in [0.25, 0.3) is 0 Å². The zero-order valence-corrected chi connectivity index (χ0v) is 19.5. The van der Waals surface area contributed by atoms with Gasteiger partial charge in [0.15, 0.2) is 0 Å². The third kappa shape index (κ3) is 5.89. The van der Waals surface area contributed by atoms with Crippen LogP contribution in [0.2, 0.25) is 0 Å². The number of carbonyl (C=O) groups is 2. The van der Waals surface area contributed by atoms with Crippen LogP contribution >= 0.6 is 0 Å². The van der Waals surface area contributed by atoms with Crippen LogP contribution < -0.4 is 10.0 Å². The van der Waals surface area contributed by atoms with Gasteiger partial charge in [0.1, 0.15) is 0 Å². The van der Waals surface area contributed by atoms with Crippen molar-refractivity contribution < 1.29 is 18.0 Å². The van der Waals surface area contributed by atoms with Crippen LogP contribution in [-0.4, -0.2) is 38.2 Å². The fourth-order valence-corrected chi connectivity index (χ4v) is 5.01. The Hall–Kier alpha value is -3.49. The second kappa shape index (κ2) is 10.6. The molecule has 0 spiro atoms. The van der Waals surface area contributed by atoms with E-state index in [-0.39, 0.29) is 29.2 Å². The number of benzene rings is 3. The number of para-hydroxylation sites is 1. The summed E-state index contributed by atoms with van der Waals surface area (Å²) in [6, 6.07) is 24.6. The quantitative estimate of drug-likeness (QED) is 0.543. The number of nitrogens with one attached hydrogen (secondary N) is 2. The normalized spacial score (nSPS) is 14.5. The molecule has 34 heavy (non-hydrogen) atoms. The van der Waals surface area contributed by atoms with Crippen molar-refractivity contribution in [3.63, 3.8) is 0 Å². The number of carbonyl (C=O) groups excluding carboxylic acids is 2. The highest BCUT2D eigenvalue weighted by Crippen LogP contribution is 2.22. The average Bonchev–Trinajstić information content (AvgIpc) is 2.88. The van der Waals surface area contributed by atoms with Crippen molar-refractivity contribution in [2.24, 2.45) is 5.92 Å². The van der Waals surface area contributed by atoms with E-state index in [0.29, 0.717) is 31.5 Å². The lowest BCUT2D eigenvalue weighted by atomic mass is 9.95. The monoisotopic (exact) mass is 477 g/mol. The fourth-order valence-electron chi connectivity index (χ4n) is 3.95. The maximum absolute atomic E-state index is 13.0. The standard InChI is InChI=1S/C26H27N3O4S/c30-25(28-23-11-5-2-6-12-23)21-14-16-29(17-15-21)26(31)22-10-7-13-24(18-22)34(32,33)27-19-20-8-3-1-4-9-20/h1-13,18,21,27H,14-17,19H2,(H,28,30). The maximum atomic E-state index is 13.0. The lowest BCUT2D eigenvalue weighted by Gasteiger charge is -2.31. The Bertz CT molecular complexity index is 1240. The highest BCUT2D eigenvalue weighted by molar-refractivity contribution is 7.89. The largest absolute Gasteiger partial charge is 0.339 e. The predicted octanol–water partition coefficient (Wildman–Crippen LogP) is 3.66. The number of amides is 2. The molecule has 0 aromatic heterocycles. The molecule has 7 nitrogen and oxygen atoms in total. The van der Waals surface area contributed by atoms with Crippen LogP contribution in [-0.2, 0) is 21.4 Å². The van der Waals surface area contributed by atoms with Gasteiger partial charge in [-0.2, -0.15) is 0 Å². The van der Waals surface area contributed by atoms with Crippen LogP contribution in [0.1, 0.15) is 28.8 Å². The van der Waals surface area contributed by atoms with Crippen LogP contribution in [0.3, 0.4) is 0 Å². The van der Waals surface area contributed by atoms with Crippen LogP contribution in [0, 0.1) is 5.92 Å². The molecule has 0 aliphatic carbocycles. The lowest BCUT2D eigenvalue weighted by Crippen LogP contribution is -2.41. The van der Waals surface area contributed by atoms with Crippen molar-refractivity contribution >= 4 is 27.5 Å². The van der Waals surface area contributed by atoms with Crippen LogP contribution in [0.4, 0.5) is 5.69 Å².